The lowest BCUT2D eigenvalue weighted by molar-refractivity contribution is 0.596. The molecule has 0 saturated carbocycles. The molecule has 24 heavy (non-hydrogen) atoms. The smallest absolute Gasteiger partial charge is 0.112 e. The Labute approximate surface area is 141 Å². The van der Waals surface area contributed by atoms with Crippen LogP contribution in [0.3, 0.4) is 0 Å². The largest absolute Gasteiger partial charge is 0.279 e. The van der Waals surface area contributed by atoms with Crippen molar-refractivity contribution in [1.29, 1.82) is 0 Å². The predicted octanol–water partition coefficient (Wildman–Crippen LogP) is 5.00. The number of hydrogen-bond acceptors (Lipinski definition) is 2. The maximum Gasteiger partial charge on any atom is 0.112 e. The second-order valence-corrected chi connectivity index (χ2v) is 7.36. The summed E-state index contributed by atoms with van der Waals surface area (Å²) >= 11 is 0. The van der Waals surface area contributed by atoms with Crippen LogP contribution in [-0.4, -0.2) is 15.2 Å². The minimum absolute atomic E-state index is 0.143. The zero-order valence-corrected chi connectivity index (χ0v) is 14.3. The van der Waals surface area contributed by atoms with Crippen LogP contribution < -0.4 is 0 Å². The number of H-pyrrole nitrogens is 1. The molecule has 0 radical (unpaired) electrons. The summed E-state index contributed by atoms with van der Waals surface area (Å²) in [5.41, 5.74) is 5.75. The van der Waals surface area contributed by atoms with Crippen LogP contribution >= 0.6 is 0 Å². The molecular weight excluding hydrogens is 294 g/mol. The van der Waals surface area contributed by atoms with Crippen molar-refractivity contribution in [3.8, 4) is 0 Å². The Morgan fingerprint density at radius 1 is 1.00 bits per heavy atom. The summed E-state index contributed by atoms with van der Waals surface area (Å²) in [4.78, 5) is 4.45. The monoisotopic (exact) mass is 315 g/mol. The van der Waals surface area contributed by atoms with E-state index in [2.05, 4.69) is 72.4 Å². The Balaban J connectivity index is 1.76. The van der Waals surface area contributed by atoms with Crippen LogP contribution in [-0.2, 0) is 11.8 Å². The van der Waals surface area contributed by atoms with Gasteiger partial charge in [0.1, 0.15) is 11.0 Å². The molecule has 4 aromatic rings. The zero-order chi connectivity index (χ0) is 16.7. The van der Waals surface area contributed by atoms with Gasteiger partial charge in [-0.3, -0.25) is 10.1 Å². The van der Waals surface area contributed by atoms with Crippen LogP contribution in [0.4, 0.5) is 0 Å². The van der Waals surface area contributed by atoms with E-state index in [4.69, 9.17) is 0 Å². The Hall–Kier alpha value is -2.68. The Kier molecular flexibility index (Phi) is 3.38. The third-order valence-corrected chi connectivity index (χ3v) is 4.52. The molecule has 0 aliphatic rings. The summed E-state index contributed by atoms with van der Waals surface area (Å²) in [6.45, 7) is 6.79. The third kappa shape index (κ3) is 2.56. The maximum absolute atomic E-state index is 4.45. The van der Waals surface area contributed by atoms with Crippen LogP contribution in [0.5, 0.6) is 0 Å². The Morgan fingerprint density at radius 2 is 1.88 bits per heavy atom. The number of aromatic nitrogens is 3. The van der Waals surface area contributed by atoms with Gasteiger partial charge in [-0.05, 0) is 39.4 Å². The van der Waals surface area contributed by atoms with Crippen LogP contribution in [0.15, 0.2) is 54.7 Å². The van der Waals surface area contributed by atoms with Crippen LogP contribution in [0, 0.1) is 0 Å². The lowest BCUT2D eigenvalue weighted by Crippen LogP contribution is -2.11. The average Bonchev–Trinajstić information content (AvgIpc) is 2.96. The quantitative estimate of drug-likeness (QED) is 0.565. The van der Waals surface area contributed by atoms with E-state index in [1.807, 2.05) is 18.3 Å². The summed E-state index contributed by atoms with van der Waals surface area (Å²) in [6.07, 6.45) is 2.63. The number of nitrogens with zero attached hydrogens (tertiary/aromatic N) is 2. The second kappa shape index (κ2) is 5.45. The van der Waals surface area contributed by atoms with Crippen molar-refractivity contribution < 1.29 is 0 Å². The minimum Gasteiger partial charge on any atom is -0.279 e. The van der Waals surface area contributed by atoms with Crippen molar-refractivity contribution >= 4 is 21.8 Å². The number of benzene rings is 2. The second-order valence-electron chi connectivity index (χ2n) is 7.36. The SMILES string of the molecule is CC(C)(C)c1cccc2cc(Cc3[nH]nc4cccnc34)ccc12. The fourth-order valence-corrected chi connectivity index (χ4v) is 3.32. The molecule has 4 rings (SSSR count). The molecule has 2 heterocycles. The standard InChI is InChI=1S/C21H21N3/c1-21(2,3)17-7-4-6-15-12-14(9-10-16(15)17)13-19-20-18(23-24-19)8-5-11-22-20/h4-12H,13H2,1-3H3,(H,23,24). The van der Waals surface area contributed by atoms with E-state index in [0.29, 0.717) is 0 Å². The molecule has 0 fully saturated rings. The lowest BCUT2D eigenvalue weighted by atomic mass is 9.83. The van der Waals surface area contributed by atoms with Crippen molar-refractivity contribution in [3.05, 3.63) is 71.5 Å². The molecule has 0 atom stereocenters. The molecule has 0 bridgehead atoms. The molecule has 0 aliphatic heterocycles. The van der Waals surface area contributed by atoms with Gasteiger partial charge in [-0.25, -0.2) is 0 Å². The van der Waals surface area contributed by atoms with Gasteiger partial charge in [0.25, 0.3) is 0 Å². The molecule has 2 aromatic carbocycles. The Morgan fingerprint density at radius 3 is 2.71 bits per heavy atom. The molecule has 0 spiro atoms. The van der Waals surface area contributed by atoms with E-state index in [-0.39, 0.29) is 5.41 Å². The van der Waals surface area contributed by atoms with Gasteiger partial charge < -0.3 is 0 Å². The fraction of sp³-hybridized carbons (Fsp3) is 0.238. The van der Waals surface area contributed by atoms with Gasteiger partial charge in [0, 0.05) is 12.6 Å². The molecule has 0 unspecified atom stereocenters. The first-order chi connectivity index (χ1) is 11.5. The summed E-state index contributed by atoms with van der Waals surface area (Å²) in [6, 6.07) is 17.2. The molecule has 120 valence electrons. The van der Waals surface area contributed by atoms with Gasteiger partial charge in [-0.15, -0.1) is 0 Å². The van der Waals surface area contributed by atoms with Crippen molar-refractivity contribution in [2.75, 3.05) is 0 Å². The van der Waals surface area contributed by atoms with Gasteiger partial charge >= 0.3 is 0 Å². The topological polar surface area (TPSA) is 41.6 Å². The maximum atomic E-state index is 4.45. The van der Waals surface area contributed by atoms with Gasteiger partial charge in [-0.2, -0.15) is 5.10 Å². The van der Waals surface area contributed by atoms with Crippen LogP contribution in [0.25, 0.3) is 21.8 Å². The van der Waals surface area contributed by atoms with Crippen molar-refractivity contribution in [2.45, 2.75) is 32.6 Å². The molecule has 3 nitrogen and oxygen atoms in total. The van der Waals surface area contributed by atoms with Crippen molar-refractivity contribution in [3.63, 3.8) is 0 Å². The van der Waals surface area contributed by atoms with Crippen molar-refractivity contribution in [1.82, 2.24) is 15.2 Å². The average molecular weight is 315 g/mol. The third-order valence-electron chi connectivity index (χ3n) is 4.52. The molecule has 0 amide bonds. The zero-order valence-electron chi connectivity index (χ0n) is 14.3. The highest BCUT2D eigenvalue weighted by atomic mass is 15.1. The van der Waals surface area contributed by atoms with Gasteiger partial charge in [0.15, 0.2) is 0 Å². The molecule has 0 saturated heterocycles. The Bertz CT molecular complexity index is 1020. The van der Waals surface area contributed by atoms with E-state index in [1.54, 1.807) is 0 Å². The normalized spacial score (nSPS) is 12.1. The first kappa shape index (κ1) is 14.9. The highest BCUT2D eigenvalue weighted by Crippen LogP contribution is 2.30. The molecule has 2 aromatic heterocycles. The van der Waals surface area contributed by atoms with Gasteiger partial charge in [0.2, 0.25) is 0 Å². The van der Waals surface area contributed by atoms with Crippen molar-refractivity contribution in [2.24, 2.45) is 0 Å². The van der Waals surface area contributed by atoms with Gasteiger partial charge in [-0.1, -0.05) is 57.2 Å². The first-order valence-electron chi connectivity index (χ1n) is 8.32. The summed E-state index contributed by atoms with van der Waals surface area (Å²) in [5, 5.41) is 10.1. The first-order valence-corrected chi connectivity index (χ1v) is 8.32. The highest BCUT2D eigenvalue weighted by molar-refractivity contribution is 5.87. The van der Waals surface area contributed by atoms with E-state index in [0.717, 1.165) is 23.1 Å². The molecule has 3 heteroatoms. The van der Waals surface area contributed by atoms with E-state index >= 15 is 0 Å². The highest BCUT2D eigenvalue weighted by Gasteiger charge is 2.16. The number of nitrogens with one attached hydrogen (secondary N) is 1. The summed E-state index contributed by atoms with van der Waals surface area (Å²) in [5.74, 6) is 0. The predicted molar refractivity (Wildman–Crippen MR) is 99.3 cm³/mol. The van der Waals surface area contributed by atoms with E-state index in [9.17, 15) is 0 Å². The van der Waals surface area contributed by atoms with E-state index < -0.39 is 0 Å². The molecular formula is C21H21N3. The number of rotatable bonds is 2. The molecule has 1 N–H and O–H groups in total. The minimum atomic E-state index is 0.143. The number of fused-ring (bicyclic) bond motifs is 2. The molecule has 0 aliphatic carbocycles. The van der Waals surface area contributed by atoms with Gasteiger partial charge in [0.05, 0.1) is 5.69 Å². The number of hydrogen-bond donors (Lipinski definition) is 1. The summed E-state index contributed by atoms with van der Waals surface area (Å²) < 4.78 is 0. The summed E-state index contributed by atoms with van der Waals surface area (Å²) in [7, 11) is 0. The fourth-order valence-electron chi connectivity index (χ4n) is 3.32. The van der Waals surface area contributed by atoms with E-state index in [1.165, 1.54) is 21.9 Å². The van der Waals surface area contributed by atoms with Crippen LogP contribution in [0.1, 0.15) is 37.6 Å². The number of pyridine rings is 1. The lowest BCUT2D eigenvalue weighted by Gasteiger charge is -2.21. The van der Waals surface area contributed by atoms with Crippen LogP contribution in [0.2, 0.25) is 0 Å². The number of aromatic amines is 1.